The normalized spacial score (nSPS) is 10.8. The summed E-state index contributed by atoms with van der Waals surface area (Å²) >= 11 is 0. The zero-order valence-corrected chi connectivity index (χ0v) is 14.8. The first kappa shape index (κ1) is 18.4. The fourth-order valence-electron chi connectivity index (χ4n) is 2.86. The minimum absolute atomic E-state index is 0.280. The summed E-state index contributed by atoms with van der Waals surface area (Å²) in [6, 6.07) is 8.22. The third-order valence-corrected chi connectivity index (χ3v) is 4.25. The lowest BCUT2D eigenvalue weighted by atomic mass is 10.1. The van der Waals surface area contributed by atoms with Gasteiger partial charge in [0.05, 0.1) is 17.7 Å². The number of rotatable bonds is 7. The van der Waals surface area contributed by atoms with Crippen LogP contribution in [0.4, 0.5) is 10.1 Å². The molecule has 0 aliphatic heterocycles. The Hall–Kier alpha value is -3.42. The Balaban J connectivity index is 1.78. The summed E-state index contributed by atoms with van der Waals surface area (Å²) in [6.45, 7) is 3.71. The van der Waals surface area contributed by atoms with Crippen molar-refractivity contribution in [3.05, 3.63) is 81.3 Å². The van der Waals surface area contributed by atoms with E-state index < -0.39 is 23.0 Å². The topological polar surface area (TPSA) is 87.5 Å². The van der Waals surface area contributed by atoms with Gasteiger partial charge >= 0.3 is 5.69 Å². The van der Waals surface area contributed by atoms with Crippen LogP contribution < -0.4 is 4.74 Å². The molecule has 0 N–H and O–H groups in total. The Kier molecular flexibility index (Phi) is 5.07. The van der Waals surface area contributed by atoms with Gasteiger partial charge in [0.25, 0.3) is 0 Å². The zero-order valence-electron chi connectivity index (χ0n) is 14.8. The van der Waals surface area contributed by atoms with Crippen LogP contribution in [-0.4, -0.2) is 21.9 Å². The van der Waals surface area contributed by atoms with Gasteiger partial charge in [-0.1, -0.05) is 0 Å². The number of hydrogen-bond acceptors (Lipinski definition) is 5. The second-order valence-electron chi connectivity index (χ2n) is 6.03. The largest absolute Gasteiger partial charge is 0.478 e. The summed E-state index contributed by atoms with van der Waals surface area (Å²) in [6.07, 6.45) is 1.58. The number of aryl methyl sites for hydroxylation is 1. The van der Waals surface area contributed by atoms with E-state index in [-0.39, 0.29) is 11.5 Å². The molecule has 0 fully saturated rings. The molecule has 3 rings (SSSR count). The van der Waals surface area contributed by atoms with E-state index in [4.69, 9.17) is 9.15 Å². The molecule has 0 unspecified atom stereocenters. The fraction of sp³-hybridized carbons (Fsp3) is 0.211. The van der Waals surface area contributed by atoms with Crippen LogP contribution in [0, 0.1) is 29.8 Å². The third-order valence-electron chi connectivity index (χ3n) is 4.25. The maximum absolute atomic E-state index is 13.4. The van der Waals surface area contributed by atoms with Crippen molar-refractivity contribution in [2.75, 3.05) is 6.61 Å². The first-order valence-corrected chi connectivity index (χ1v) is 8.16. The molecule has 0 saturated heterocycles. The first-order chi connectivity index (χ1) is 12.9. The van der Waals surface area contributed by atoms with Crippen LogP contribution in [0.15, 0.2) is 47.1 Å². The standard InChI is InChI=1S/C19H17FN2O5/c1-12-8-16(13(2)21(12)10-15-4-3-7-26-15)18(23)11-27-19-9-14(20)5-6-17(19)22(24)25/h3-9H,10-11H2,1-2H3. The lowest BCUT2D eigenvalue weighted by molar-refractivity contribution is -0.385. The van der Waals surface area contributed by atoms with E-state index in [9.17, 15) is 19.3 Å². The van der Waals surface area contributed by atoms with Gasteiger partial charge in [0.2, 0.25) is 5.78 Å². The quantitative estimate of drug-likeness (QED) is 0.355. The van der Waals surface area contributed by atoms with Gasteiger partial charge in [-0.15, -0.1) is 0 Å². The average Bonchev–Trinajstić information content (AvgIpc) is 3.23. The Morgan fingerprint density at radius 3 is 2.74 bits per heavy atom. The molecule has 0 radical (unpaired) electrons. The van der Waals surface area contributed by atoms with Gasteiger partial charge in [-0.05, 0) is 38.1 Å². The van der Waals surface area contributed by atoms with Crippen molar-refractivity contribution in [1.29, 1.82) is 0 Å². The Labute approximate surface area is 154 Å². The summed E-state index contributed by atoms with van der Waals surface area (Å²) in [5.74, 6) is -0.563. The first-order valence-electron chi connectivity index (χ1n) is 8.16. The predicted molar refractivity (Wildman–Crippen MR) is 94.6 cm³/mol. The monoisotopic (exact) mass is 372 g/mol. The molecule has 0 amide bonds. The molecule has 2 heterocycles. The molecule has 0 saturated carbocycles. The number of Topliss-reactive ketones (excluding diaryl/α,β-unsaturated/α-hetero) is 1. The van der Waals surface area contributed by atoms with E-state index in [0.717, 1.165) is 35.3 Å². The van der Waals surface area contributed by atoms with Crippen molar-refractivity contribution in [2.45, 2.75) is 20.4 Å². The molecule has 140 valence electrons. The minimum atomic E-state index is -0.686. The molecular formula is C19H17FN2O5. The Morgan fingerprint density at radius 2 is 2.07 bits per heavy atom. The van der Waals surface area contributed by atoms with E-state index in [1.165, 1.54) is 0 Å². The molecule has 0 bridgehead atoms. The second kappa shape index (κ2) is 7.45. The van der Waals surface area contributed by atoms with Crippen LogP contribution in [0.3, 0.4) is 0 Å². The SMILES string of the molecule is Cc1cc(C(=O)COc2cc(F)ccc2[N+](=O)[O-])c(C)n1Cc1ccco1. The molecule has 7 nitrogen and oxygen atoms in total. The van der Waals surface area contributed by atoms with E-state index in [1.807, 2.05) is 17.6 Å². The number of ether oxygens (including phenoxy) is 1. The number of nitro benzene ring substituents is 1. The zero-order chi connectivity index (χ0) is 19.6. The van der Waals surface area contributed by atoms with Crippen molar-refractivity contribution in [3.8, 4) is 5.75 Å². The molecule has 0 spiro atoms. The summed E-state index contributed by atoms with van der Waals surface area (Å²) in [5.41, 5.74) is 1.64. The molecule has 0 aliphatic rings. The molecular weight excluding hydrogens is 355 g/mol. The third kappa shape index (κ3) is 3.89. The molecule has 0 aliphatic carbocycles. The number of benzene rings is 1. The van der Waals surface area contributed by atoms with Crippen LogP contribution in [-0.2, 0) is 6.54 Å². The van der Waals surface area contributed by atoms with Gasteiger partial charge in [-0.3, -0.25) is 14.9 Å². The molecule has 0 atom stereocenters. The lowest BCUT2D eigenvalue weighted by Gasteiger charge is -2.08. The van der Waals surface area contributed by atoms with Gasteiger partial charge in [0, 0.05) is 29.1 Å². The summed E-state index contributed by atoms with van der Waals surface area (Å²) in [4.78, 5) is 22.9. The van der Waals surface area contributed by atoms with Crippen molar-refractivity contribution in [3.63, 3.8) is 0 Å². The molecule has 8 heteroatoms. The maximum atomic E-state index is 13.4. The summed E-state index contributed by atoms with van der Waals surface area (Å²) < 4.78 is 25.9. The lowest BCUT2D eigenvalue weighted by Crippen LogP contribution is -2.14. The minimum Gasteiger partial charge on any atom is -0.478 e. The number of ketones is 1. The van der Waals surface area contributed by atoms with Crippen LogP contribution in [0.5, 0.6) is 5.75 Å². The van der Waals surface area contributed by atoms with Gasteiger partial charge in [0.15, 0.2) is 12.4 Å². The van der Waals surface area contributed by atoms with Crippen molar-refractivity contribution >= 4 is 11.5 Å². The molecule has 1 aromatic carbocycles. The fourth-order valence-corrected chi connectivity index (χ4v) is 2.86. The van der Waals surface area contributed by atoms with E-state index in [1.54, 1.807) is 25.3 Å². The highest BCUT2D eigenvalue weighted by Gasteiger charge is 2.20. The summed E-state index contributed by atoms with van der Waals surface area (Å²) in [7, 11) is 0. The summed E-state index contributed by atoms with van der Waals surface area (Å²) in [5, 5.41) is 11.0. The van der Waals surface area contributed by atoms with Crippen LogP contribution >= 0.6 is 0 Å². The average molecular weight is 372 g/mol. The van der Waals surface area contributed by atoms with Gasteiger partial charge in [-0.2, -0.15) is 0 Å². The highest BCUT2D eigenvalue weighted by Crippen LogP contribution is 2.28. The Bertz CT molecular complexity index is 992. The number of carbonyl (C=O) groups excluding carboxylic acids is 1. The van der Waals surface area contributed by atoms with Gasteiger partial charge in [0.1, 0.15) is 11.6 Å². The number of aromatic nitrogens is 1. The van der Waals surface area contributed by atoms with E-state index >= 15 is 0 Å². The predicted octanol–water partition coefficient (Wildman–Crippen LogP) is 4.06. The number of hydrogen-bond donors (Lipinski definition) is 0. The van der Waals surface area contributed by atoms with Crippen LogP contribution in [0.25, 0.3) is 0 Å². The molecule has 3 aromatic rings. The number of furan rings is 1. The second-order valence-corrected chi connectivity index (χ2v) is 6.03. The van der Waals surface area contributed by atoms with E-state index in [2.05, 4.69) is 0 Å². The van der Waals surface area contributed by atoms with Gasteiger partial charge < -0.3 is 13.7 Å². The highest BCUT2D eigenvalue weighted by molar-refractivity contribution is 5.98. The molecule has 27 heavy (non-hydrogen) atoms. The highest BCUT2D eigenvalue weighted by atomic mass is 19.1. The van der Waals surface area contributed by atoms with Crippen LogP contribution in [0.2, 0.25) is 0 Å². The number of nitro groups is 1. The number of carbonyl (C=O) groups is 1. The van der Waals surface area contributed by atoms with Crippen molar-refractivity contribution < 1.29 is 23.3 Å². The van der Waals surface area contributed by atoms with Crippen LogP contribution in [0.1, 0.15) is 27.5 Å². The number of halogens is 1. The Morgan fingerprint density at radius 1 is 1.30 bits per heavy atom. The number of nitrogens with zero attached hydrogens (tertiary/aromatic N) is 2. The van der Waals surface area contributed by atoms with Crippen molar-refractivity contribution in [2.24, 2.45) is 0 Å². The smallest absolute Gasteiger partial charge is 0.311 e. The maximum Gasteiger partial charge on any atom is 0.311 e. The van der Waals surface area contributed by atoms with Gasteiger partial charge in [-0.25, -0.2) is 4.39 Å². The van der Waals surface area contributed by atoms with Crippen molar-refractivity contribution in [1.82, 2.24) is 4.57 Å². The molecule has 2 aromatic heterocycles. The van der Waals surface area contributed by atoms with E-state index in [0.29, 0.717) is 12.1 Å².